The maximum atomic E-state index is 11.7. The Morgan fingerprint density at radius 2 is 2.11 bits per heavy atom. The number of carbonyl (C=O) groups excluding carboxylic acids is 1. The number of guanidine groups is 1. The minimum Gasteiger partial charge on any atom is -0.370 e. The van der Waals surface area contributed by atoms with Crippen molar-refractivity contribution in [2.24, 2.45) is 10.7 Å². The quantitative estimate of drug-likeness (QED) is 0.422. The first-order valence-corrected chi connectivity index (χ1v) is 6.33. The number of rotatable bonds is 4. The lowest BCUT2D eigenvalue weighted by molar-refractivity contribution is -0.140. The molecular formula is C12H25IN4O2. The van der Waals surface area contributed by atoms with E-state index >= 15 is 0 Å². The van der Waals surface area contributed by atoms with Gasteiger partial charge >= 0.3 is 0 Å². The van der Waals surface area contributed by atoms with Crippen LogP contribution in [0.1, 0.15) is 26.7 Å². The van der Waals surface area contributed by atoms with Gasteiger partial charge in [-0.3, -0.25) is 9.79 Å². The Labute approximate surface area is 132 Å². The molecule has 0 aromatic carbocycles. The summed E-state index contributed by atoms with van der Waals surface area (Å²) in [6, 6.07) is 0.265. The van der Waals surface area contributed by atoms with Gasteiger partial charge < -0.3 is 20.7 Å². The molecule has 0 bridgehead atoms. The number of hydrogen-bond donors (Lipinski definition) is 2. The summed E-state index contributed by atoms with van der Waals surface area (Å²) in [4.78, 5) is 17.5. The highest BCUT2D eigenvalue weighted by atomic mass is 127. The average Bonchev–Trinajstić information content (AvgIpc) is 2.72. The van der Waals surface area contributed by atoms with E-state index in [-0.39, 0.29) is 48.1 Å². The first-order valence-electron chi connectivity index (χ1n) is 6.33. The van der Waals surface area contributed by atoms with E-state index in [1.54, 1.807) is 19.0 Å². The minimum atomic E-state index is -0.320. The van der Waals surface area contributed by atoms with Crippen molar-refractivity contribution in [3.05, 3.63) is 0 Å². The fourth-order valence-electron chi connectivity index (χ4n) is 1.85. The zero-order chi connectivity index (χ0) is 13.7. The van der Waals surface area contributed by atoms with Crippen LogP contribution in [0.4, 0.5) is 0 Å². The smallest absolute Gasteiger partial charge is 0.251 e. The molecule has 0 aliphatic carbocycles. The Kier molecular flexibility index (Phi) is 8.31. The molecule has 0 spiro atoms. The highest BCUT2D eigenvalue weighted by Gasteiger charge is 2.31. The molecule has 0 aromatic heterocycles. The van der Waals surface area contributed by atoms with Crippen LogP contribution < -0.4 is 11.1 Å². The minimum absolute atomic E-state index is 0. The summed E-state index contributed by atoms with van der Waals surface area (Å²) < 4.78 is 5.66. The van der Waals surface area contributed by atoms with Gasteiger partial charge in [0, 0.05) is 20.1 Å². The van der Waals surface area contributed by atoms with E-state index in [9.17, 15) is 4.79 Å². The van der Waals surface area contributed by atoms with Gasteiger partial charge in [-0.1, -0.05) is 0 Å². The number of nitrogens with two attached hydrogens (primary N) is 1. The van der Waals surface area contributed by atoms with Crippen LogP contribution in [0.15, 0.2) is 4.99 Å². The van der Waals surface area contributed by atoms with Crippen LogP contribution >= 0.6 is 24.0 Å². The third-order valence-electron chi connectivity index (χ3n) is 2.73. The molecule has 1 amide bonds. The molecule has 1 heterocycles. The first kappa shape index (κ1) is 18.4. The third kappa shape index (κ3) is 6.42. The number of likely N-dealkylation sites (N-methyl/N-ethyl adjacent to an activating group) is 1. The Morgan fingerprint density at radius 3 is 2.63 bits per heavy atom. The van der Waals surface area contributed by atoms with Crippen molar-refractivity contribution in [3.63, 3.8) is 0 Å². The highest BCUT2D eigenvalue weighted by molar-refractivity contribution is 14.0. The van der Waals surface area contributed by atoms with Crippen LogP contribution in [0, 0.1) is 0 Å². The predicted octanol–water partition coefficient (Wildman–Crippen LogP) is 0.553. The largest absolute Gasteiger partial charge is 0.370 e. The van der Waals surface area contributed by atoms with Crippen LogP contribution in [0.5, 0.6) is 0 Å². The molecule has 1 aliphatic heterocycles. The number of carbonyl (C=O) groups is 1. The summed E-state index contributed by atoms with van der Waals surface area (Å²) in [5, 5.41) is 3.02. The topological polar surface area (TPSA) is 79.9 Å². The maximum absolute atomic E-state index is 11.7. The van der Waals surface area contributed by atoms with Gasteiger partial charge in [0.15, 0.2) is 5.96 Å². The molecule has 1 rings (SSSR count). The molecule has 0 radical (unpaired) electrons. The maximum Gasteiger partial charge on any atom is 0.251 e. The fraction of sp³-hybridized carbons (Fsp3) is 0.833. The van der Waals surface area contributed by atoms with Gasteiger partial charge in [-0.2, -0.15) is 0 Å². The molecule has 1 aliphatic rings. The van der Waals surface area contributed by atoms with E-state index in [0.717, 1.165) is 12.8 Å². The van der Waals surface area contributed by atoms with Crippen molar-refractivity contribution in [1.82, 2.24) is 10.2 Å². The first-order chi connectivity index (χ1) is 8.40. The zero-order valence-corrected chi connectivity index (χ0v) is 14.4. The number of hydrogen-bond acceptors (Lipinski definition) is 3. The van der Waals surface area contributed by atoms with E-state index in [1.165, 1.54) is 0 Å². The van der Waals surface area contributed by atoms with Crippen molar-refractivity contribution in [1.29, 1.82) is 0 Å². The monoisotopic (exact) mass is 384 g/mol. The SMILES string of the molecule is CC(C)NC(N)=NCC1CCC(C(=O)N(C)C)O1.I. The van der Waals surface area contributed by atoms with Gasteiger partial charge in [-0.05, 0) is 26.7 Å². The number of nitrogens with zero attached hydrogens (tertiary/aromatic N) is 2. The molecule has 3 N–H and O–H groups in total. The van der Waals surface area contributed by atoms with Crippen LogP contribution in [0.25, 0.3) is 0 Å². The second kappa shape index (κ2) is 8.57. The van der Waals surface area contributed by atoms with Crippen molar-refractivity contribution < 1.29 is 9.53 Å². The zero-order valence-electron chi connectivity index (χ0n) is 12.0. The van der Waals surface area contributed by atoms with E-state index in [1.807, 2.05) is 13.8 Å². The molecule has 0 saturated carbocycles. The molecule has 19 heavy (non-hydrogen) atoms. The van der Waals surface area contributed by atoms with E-state index in [0.29, 0.717) is 12.5 Å². The molecule has 0 aromatic rings. The number of aliphatic imine (C=N–C) groups is 1. The normalized spacial score (nSPS) is 23.1. The molecule has 2 unspecified atom stereocenters. The summed E-state index contributed by atoms with van der Waals surface area (Å²) in [7, 11) is 3.48. The molecular weight excluding hydrogens is 359 g/mol. The Hall–Kier alpha value is -0.570. The summed E-state index contributed by atoms with van der Waals surface area (Å²) in [5.41, 5.74) is 5.70. The molecule has 112 valence electrons. The summed E-state index contributed by atoms with van der Waals surface area (Å²) >= 11 is 0. The molecule has 2 atom stereocenters. The number of nitrogens with one attached hydrogen (secondary N) is 1. The van der Waals surface area contributed by atoms with Crippen LogP contribution in [-0.2, 0) is 9.53 Å². The summed E-state index contributed by atoms with van der Waals surface area (Å²) in [6.45, 7) is 4.50. The number of amides is 1. The standard InChI is InChI=1S/C12H24N4O2.HI/c1-8(2)15-12(13)14-7-9-5-6-10(18-9)11(17)16(3)4;/h8-10H,5-7H2,1-4H3,(H3,13,14,15);1H. The van der Waals surface area contributed by atoms with E-state index in [4.69, 9.17) is 10.5 Å². The van der Waals surface area contributed by atoms with Crippen LogP contribution in [0.2, 0.25) is 0 Å². The average molecular weight is 384 g/mol. The Morgan fingerprint density at radius 1 is 1.47 bits per heavy atom. The number of halogens is 1. The van der Waals surface area contributed by atoms with Crippen LogP contribution in [0.3, 0.4) is 0 Å². The van der Waals surface area contributed by atoms with Gasteiger partial charge in [-0.15, -0.1) is 24.0 Å². The van der Waals surface area contributed by atoms with Crippen molar-refractivity contribution >= 4 is 35.8 Å². The Bertz CT molecular complexity index is 321. The summed E-state index contributed by atoms with van der Waals surface area (Å²) in [5.74, 6) is 0.450. The molecule has 6 nitrogen and oxygen atoms in total. The second-order valence-corrected chi connectivity index (χ2v) is 5.08. The lowest BCUT2D eigenvalue weighted by atomic mass is 10.2. The van der Waals surface area contributed by atoms with E-state index in [2.05, 4.69) is 10.3 Å². The third-order valence-corrected chi connectivity index (χ3v) is 2.73. The van der Waals surface area contributed by atoms with Crippen molar-refractivity contribution in [2.45, 2.75) is 44.9 Å². The number of ether oxygens (including phenoxy) is 1. The van der Waals surface area contributed by atoms with Gasteiger partial charge in [-0.25, -0.2) is 0 Å². The highest BCUT2D eigenvalue weighted by Crippen LogP contribution is 2.21. The summed E-state index contributed by atoms with van der Waals surface area (Å²) in [6.07, 6.45) is 1.28. The van der Waals surface area contributed by atoms with Crippen molar-refractivity contribution in [2.75, 3.05) is 20.6 Å². The van der Waals surface area contributed by atoms with Gasteiger partial charge in [0.05, 0.1) is 12.6 Å². The van der Waals surface area contributed by atoms with E-state index < -0.39 is 0 Å². The molecule has 1 saturated heterocycles. The lowest BCUT2D eigenvalue weighted by Crippen LogP contribution is -2.37. The molecule has 1 fully saturated rings. The predicted molar refractivity (Wildman–Crippen MR) is 86.8 cm³/mol. The van der Waals surface area contributed by atoms with Gasteiger partial charge in [0.2, 0.25) is 0 Å². The Balaban J connectivity index is 0.00000324. The molecule has 7 heteroatoms. The second-order valence-electron chi connectivity index (χ2n) is 5.08. The van der Waals surface area contributed by atoms with Crippen LogP contribution in [-0.4, -0.2) is 55.7 Å². The van der Waals surface area contributed by atoms with Crippen molar-refractivity contribution in [3.8, 4) is 0 Å². The fourth-order valence-corrected chi connectivity index (χ4v) is 1.85. The lowest BCUT2D eigenvalue weighted by Gasteiger charge is -2.16. The van der Waals surface area contributed by atoms with Gasteiger partial charge in [0.25, 0.3) is 5.91 Å². The van der Waals surface area contributed by atoms with Gasteiger partial charge in [0.1, 0.15) is 6.10 Å².